The monoisotopic (exact) mass is 519 g/mol. The number of benzene rings is 3. The molecule has 0 bridgehead atoms. The van der Waals surface area contributed by atoms with Crippen LogP contribution in [0.2, 0.25) is 5.02 Å². The lowest BCUT2D eigenvalue weighted by molar-refractivity contribution is 0.265. The quantitative estimate of drug-likeness (QED) is 0.287. The fourth-order valence-electron chi connectivity index (χ4n) is 3.33. The molecule has 3 nitrogen and oxygen atoms in total. The number of hydrogen-bond donors (Lipinski definition) is 1. The Labute approximate surface area is 203 Å². The predicted octanol–water partition coefficient (Wildman–Crippen LogP) is 7.33. The molecule has 0 heterocycles. The Morgan fingerprint density at radius 3 is 2.50 bits per heavy atom. The lowest BCUT2D eigenvalue weighted by Crippen LogP contribution is -2.26. The summed E-state index contributed by atoms with van der Waals surface area (Å²) in [4.78, 5) is 0. The molecule has 0 spiro atoms. The minimum Gasteiger partial charge on any atom is -0.490 e. The van der Waals surface area contributed by atoms with Gasteiger partial charge in [-0.3, -0.25) is 0 Å². The largest absolute Gasteiger partial charge is 0.490 e. The smallest absolute Gasteiger partial charge is 0.162 e. The van der Waals surface area contributed by atoms with Crippen molar-refractivity contribution in [2.75, 3.05) is 6.61 Å². The summed E-state index contributed by atoms with van der Waals surface area (Å²) >= 11 is 9.76. The van der Waals surface area contributed by atoms with Gasteiger partial charge in [-0.15, -0.1) is 0 Å². The van der Waals surface area contributed by atoms with Gasteiger partial charge in [0.2, 0.25) is 0 Å². The molecule has 32 heavy (non-hydrogen) atoms. The SMILES string of the molecule is CCOc1cc(CNC(C)CCc2ccccc2)c(Br)cc1OCc1c(F)cccc1Cl. The summed E-state index contributed by atoms with van der Waals surface area (Å²) < 4.78 is 26.7. The van der Waals surface area contributed by atoms with Crippen LogP contribution in [0.25, 0.3) is 0 Å². The highest BCUT2D eigenvalue weighted by molar-refractivity contribution is 9.10. The highest BCUT2D eigenvalue weighted by atomic mass is 79.9. The Balaban J connectivity index is 1.64. The van der Waals surface area contributed by atoms with Gasteiger partial charge in [0.1, 0.15) is 12.4 Å². The van der Waals surface area contributed by atoms with Crippen molar-refractivity contribution in [3.05, 3.63) is 92.7 Å². The second-order valence-electron chi connectivity index (χ2n) is 7.62. The first-order valence-corrected chi connectivity index (χ1v) is 11.9. The van der Waals surface area contributed by atoms with Crippen molar-refractivity contribution in [1.29, 1.82) is 0 Å². The molecule has 0 saturated carbocycles. The van der Waals surface area contributed by atoms with Gasteiger partial charge in [0.05, 0.1) is 11.6 Å². The summed E-state index contributed by atoms with van der Waals surface area (Å²) in [6.45, 7) is 5.32. The lowest BCUT2D eigenvalue weighted by atomic mass is 10.1. The number of halogens is 3. The Bertz CT molecular complexity index is 996. The van der Waals surface area contributed by atoms with E-state index in [1.165, 1.54) is 11.6 Å². The van der Waals surface area contributed by atoms with E-state index in [-0.39, 0.29) is 12.4 Å². The van der Waals surface area contributed by atoms with Crippen molar-refractivity contribution in [2.45, 2.75) is 45.9 Å². The third-order valence-corrected chi connectivity index (χ3v) is 6.29. The highest BCUT2D eigenvalue weighted by Crippen LogP contribution is 2.35. The summed E-state index contributed by atoms with van der Waals surface area (Å²) in [6, 6.07) is 19.3. The van der Waals surface area contributed by atoms with Gasteiger partial charge in [0.15, 0.2) is 11.5 Å². The molecule has 0 saturated heterocycles. The van der Waals surface area contributed by atoms with Crippen LogP contribution in [0, 0.1) is 5.82 Å². The fraction of sp³-hybridized carbons (Fsp3) is 0.308. The molecular weight excluding hydrogens is 493 g/mol. The highest BCUT2D eigenvalue weighted by Gasteiger charge is 2.14. The second kappa shape index (κ2) is 12.2. The molecule has 0 fully saturated rings. The topological polar surface area (TPSA) is 30.5 Å². The van der Waals surface area contributed by atoms with Gasteiger partial charge < -0.3 is 14.8 Å². The van der Waals surface area contributed by atoms with Crippen LogP contribution in [0.3, 0.4) is 0 Å². The summed E-state index contributed by atoms with van der Waals surface area (Å²) in [5, 5.41) is 3.92. The van der Waals surface area contributed by atoms with Crippen LogP contribution >= 0.6 is 27.5 Å². The first kappa shape index (κ1) is 24.6. The van der Waals surface area contributed by atoms with Crippen molar-refractivity contribution >= 4 is 27.5 Å². The second-order valence-corrected chi connectivity index (χ2v) is 8.88. The molecule has 3 rings (SSSR count). The minimum absolute atomic E-state index is 0.0200. The standard InChI is InChI=1S/C26H28BrClFNO2/c1-3-31-25-14-20(16-30-18(2)12-13-19-8-5-4-6-9-19)22(27)15-26(25)32-17-21-23(28)10-7-11-24(21)29/h4-11,14-15,18,30H,3,12-13,16-17H2,1-2H3. The van der Waals surface area contributed by atoms with E-state index in [2.05, 4.69) is 52.4 Å². The Morgan fingerprint density at radius 1 is 1.03 bits per heavy atom. The van der Waals surface area contributed by atoms with Gasteiger partial charge >= 0.3 is 0 Å². The fourth-order valence-corrected chi connectivity index (χ4v) is 4.01. The molecule has 0 aliphatic heterocycles. The number of rotatable bonds is 11. The van der Waals surface area contributed by atoms with E-state index in [1.54, 1.807) is 12.1 Å². The number of ether oxygens (including phenoxy) is 2. The Morgan fingerprint density at radius 2 is 1.78 bits per heavy atom. The van der Waals surface area contributed by atoms with Crippen LogP contribution in [0.5, 0.6) is 11.5 Å². The van der Waals surface area contributed by atoms with Crippen molar-refractivity contribution < 1.29 is 13.9 Å². The van der Waals surface area contributed by atoms with Crippen LogP contribution in [-0.2, 0) is 19.6 Å². The average Bonchev–Trinajstić information content (AvgIpc) is 2.78. The molecule has 0 aliphatic rings. The van der Waals surface area contributed by atoms with Crippen LogP contribution in [0.1, 0.15) is 37.0 Å². The van der Waals surface area contributed by atoms with E-state index in [9.17, 15) is 4.39 Å². The van der Waals surface area contributed by atoms with E-state index in [0.717, 1.165) is 22.9 Å². The third kappa shape index (κ3) is 6.96. The van der Waals surface area contributed by atoms with Crippen molar-refractivity contribution in [1.82, 2.24) is 5.32 Å². The van der Waals surface area contributed by atoms with E-state index >= 15 is 0 Å². The number of aryl methyl sites for hydroxylation is 1. The average molecular weight is 521 g/mol. The number of hydrogen-bond acceptors (Lipinski definition) is 3. The van der Waals surface area contributed by atoms with E-state index in [0.29, 0.717) is 41.3 Å². The van der Waals surface area contributed by atoms with Crippen molar-refractivity contribution in [3.8, 4) is 11.5 Å². The van der Waals surface area contributed by atoms with Gasteiger partial charge in [-0.05, 0) is 62.1 Å². The van der Waals surface area contributed by atoms with Gasteiger partial charge in [0, 0.05) is 22.6 Å². The summed E-state index contributed by atoms with van der Waals surface area (Å²) in [5.41, 5.74) is 2.74. The van der Waals surface area contributed by atoms with Gasteiger partial charge in [-0.2, -0.15) is 0 Å². The first-order valence-electron chi connectivity index (χ1n) is 10.8. The van der Waals surface area contributed by atoms with E-state index < -0.39 is 0 Å². The van der Waals surface area contributed by atoms with Crippen molar-refractivity contribution in [3.63, 3.8) is 0 Å². The maximum Gasteiger partial charge on any atom is 0.162 e. The van der Waals surface area contributed by atoms with E-state index in [4.69, 9.17) is 21.1 Å². The summed E-state index contributed by atoms with van der Waals surface area (Å²) in [7, 11) is 0. The van der Waals surface area contributed by atoms with Gasteiger partial charge in [-0.25, -0.2) is 4.39 Å². The first-order chi connectivity index (χ1) is 15.5. The third-order valence-electron chi connectivity index (χ3n) is 5.20. The lowest BCUT2D eigenvalue weighted by Gasteiger charge is -2.18. The molecule has 170 valence electrons. The Kier molecular flexibility index (Phi) is 9.39. The zero-order valence-corrected chi connectivity index (χ0v) is 20.7. The van der Waals surface area contributed by atoms with E-state index in [1.807, 2.05) is 25.1 Å². The molecule has 1 unspecified atom stereocenters. The van der Waals surface area contributed by atoms with Crippen LogP contribution in [0.15, 0.2) is 65.1 Å². The number of nitrogens with one attached hydrogen (secondary N) is 1. The molecular formula is C26H28BrClFNO2. The molecule has 1 N–H and O–H groups in total. The minimum atomic E-state index is -0.389. The zero-order chi connectivity index (χ0) is 22.9. The van der Waals surface area contributed by atoms with Crippen LogP contribution < -0.4 is 14.8 Å². The summed E-state index contributed by atoms with van der Waals surface area (Å²) in [5.74, 6) is 0.774. The van der Waals surface area contributed by atoms with Crippen LogP contribution in [-0.4, -0.2) is 12.6 Å². The molecule has 0 radical (unpaired) electrons. The molecule has 1 atom stereocenters. The molecule has 0 aromatic heterocycles. The van der Waals surface area contributed by atoms with Gasteiger partial charge in [0.25, 0.3) is 0 Å². The predicted molar refractivity (Wildman–Crippen MR) is 132 cm³/mol. The maximum atomic E-state index is 14.1. The molecule has 6 heteroatoms. The van der Waals surface area contributed by atoms with Gasteiger partial charge in [-0.1, -0.05) is 63.9 Å². The molecule has 0 aliphatic carbocycles. The maximum absolute atomic E-state index is 14.1. The normalized spacial score (nSPS) is 11.9. The summed E-state index contributed by atoms with van der Waals surface area (Å²) in [6.07, 6.45) is 2.08. The zero-order valence-electron chi connectivity index (χ0n) is 18.3. The van der Waals surface area contributed by atoms with Crippen LogP contribution in [0.4, 0.5) is 4.39 Å². The van der Waals surface area contributed by atoms with Crippen molar-refractivity contribution in [2.24, 2.45) is 0 Å². The molecule has 3 aromatic rings. The molecule has 0 amide bonds. The Hall–Kier alpha value is -2.08. The molecule has 3 aromatic carbocycles.